The Bertz CT molecular complexity index is 418. The molecule has 0 radical (unpaired) electrons. The summed E-state index contributed by atoms with van der Waals surface area (Å²) in [5.74, 6) is 1.44. The molecule has 1 amide bonds. The molecule has 0 saturated carbocycles. The first-order valence-corrected chi connectivity index (χ1v) is 11.2. The van der Waals surface area contributed by atoms with Gasteiger partial charge in [0, 0.05) is 32.1 Å². The fourth-order valence-corrected chi connectivity index (χ4v) is 4.53. The summed E-state index contributed by atoms with van der Waals surface area (Å²) in [5, 5.41) is 0. The summed E-state index contributed by atoms with van der Waals surface area (Å²) >= 11 is 0. The van der Waals surface area contributed by atoms with E-state index in [1.54, 1.807) is 0 Å². The summed E-state index contributed by atoms with van der Waals surface area (Å²) in [6, 6.07) is 0. The number of piperidine rings is 1. The summed E-state index contributed by atoms with van der Waals surface area (Å²) in [4.78, 5) is 17.5. The van der Waals surface area contributed by atoms with Gasteiger partial charge in [0.15, 0.2) is 0 Å². The van der Waals surface area contributed by atoms with Crippen LogP contribution in [0.25, 0.3) is 0 Å². The highest BCUT2D eigenvalue weighted by Gasteiger charge is 2.41. The summed E-state index contributed by atoms with van der Waals surface area (Å²) in [6.07, 6.45) is 9.01. The van der Waals surface area contributed by atoms with E-state index in [1.807, 2.05) is 0 Å². The van der Waals surface area contributed by atoms with Crippen LogP contribution < -0.4 is 0 Å². The molecule has 2 rings (SSSR count). The van der Waals surface area contributed by atoms with Crippen molar-refractivity contribution in [1.29, 1.82) is 0 Å². The van der Waals surface area contributed by atoms with Gasteiger partial charge in [-0.05, 0) is 51.0 Å². The number of rotatable bonds is 9. The number of carbonyl (C=O) groups excluding carboxylic acids is 1. The first-order valence-electron chi connectivity index (χ1n) is 11.2. The summed E-state index contributed by atoms with van der Waals surface area (Å²) in [7, 11) is 0. The quantitative estimate of drug-likeness (QED) is 0.609. The van der Waals surface area contributed by atoms with Gasteiger partial charge in [-0.2, -0.15) is 0 Å². The zero-order chi connectivity index (χ0) is 19.0. The molecule has 2 heterocycles. The zero-order valence-electron chi connectivity index (χ0n) is 17.8. The lowest BCUT2D eigenvalue weighted by Gasteiger charge is -2.47. The molecule has 0 aromatic carbocycles. The fourth-order valence-electron chi connectivity index (χ4n) is 4.53. The van der Waals surface area contributed by atoms with Crippen LogP contribution in [0.4, 0.5) is 0 Å². The lowest BCUT2D eigenvalue weighted by Crippen LogP contribution is -2.58. The molecule has 2 aliphatic rings. The van der Waals surface area contributed by atoms with Gasteiger partial charge < -0.3 is 9.64 Å². The van der Waals surface area contributed by atoms with Crippen molar-refractivity contribution in [2.75, 3.05) is 39.3 Å². The van der Waals surface area contributed by atoms with E-state index >= 15 is 0 Å². The van der Waals surface area contributed by atoms with Gasteiger partial charge in [0.1, 0.15) is 0 Å². The van der Waals surface area contributed by atoms with E-state index in [0.717, 1.165) is 70.8 Å². The van der Waals surface area contributed by atoms with Gasteiger partial charge >= 0.3 is 0 Å². The summed E-state index contributed by atoms with van der Waals surface area (Å²) in [5.41, 5.74) is -0.00211. The molecule has 0 aliphatic carbocycles. The zero-order valence-corrected chi connectivity index (χ0v) is 17.8. The van der Waals surface area contributed by atoms with E-state index in [-0.39, 0.29) is 11.5 Å². The van der Waals surface area contributed by atoms with Crippen molar-refractivity contribution in [3.63, 3.8) is 0 Å². The third-order valence-electron chi connectivity index (χ3n) is 6.66. The molecule has 0 aromatic rings. The Kier molecular flexibility index (Phi) is 8.89. The minimum absolute atomic E-state index is 0.00211. The number of likely N-dealkylation sites (tertiary alicyclic amines) is 1. The molecule has 2 unspecified atom stereocenters. The number of carbonyl (C=O) groups is 1. The first kappa shape index (κ1) is 21.7. The minimum atomic E-state index is -0.00211. The van der Waals surface area contributed by atoms with Crippen molar-refractivity contribution in [3.8, 4) is 0 Å². The van der Waals surface area contributed by atoms with Crippen molar-refractivity contribution in [1.82, 2.24) is 9.80 Å². The molecule has 2 fully saturated rings. The van der Waals surface area contributed by atoms with Crippen molar-refractivity contribution < 1.29 is 9.53 Å². The molecule has 1 spiro atoms. The van der Waals surface area contributed by atoms with Crippen LogP contribution in [-0.2, 0) is 9.53 Å². The molecular weight excluding hydrogens is 324 g/mol. The van der Waals surface area contributed by atoms with Crippen LogP contribution in [-0.4, -0.2) is 60.6 Å². The number of morpholine rings is 1. The third kappa shape index (κ3) is 5.95. The summed E-state index contributed by atoms with van der Waals surface area (Å²) < 4.78 is 6.27. The molecule has 4 heteroatoms. The van der Waals surface area contributed by atoms with Crippen molar-refractivity contribution in [2.24, 2.45) is 11.8 Å². The van der Waals surface area contributed by atoms with Crippen molar-refractivity contribution >= 4 is 5.91 Å². The van der Waals surface area contributed by atoms with Crippen LogP contribution in [0.5, 0.6) is 0 Å². The minimum Gasteiger partial charge on any atom is -0.372 e. The van der Waals surface area contributed by atoms with E-state index < -0.39 is 0 Å². The van der Waals surface area contributed by atoms with E-state index in [0.29, 0.717) is 5.91 Å². The predicted molar refractivity (Wildman–Crippen MR) is 108 cm³/mol. The lowest BCUT2D eigenvalue weighted by atomic mass is 9.88. The number of amides is 1. The highest BCUT2D eigenvalue weighted by atomic mass is 16.5. The molecule has 2 aliphatic heterocycles. The lowest BCUT2D eigenvalue weighted by molar-refractivity contribution is -0.153. The molecule has 0 bridgehead atoms. The smallest absolute Gasteiger partial charge is 0.225 e. The second-order valence-electron chi connectivity index (χ2n) is 8.68. The van der Waals surface area contributed by atoms with Crippen LogP contribution in [0.2, 0.25) is 0 Å². The second kappa shape index (κ2) is 10.7. The topological polar surface area (TPSA) is 32.8 Å². The number of hydrogen-bond acceptors (Lipinski definition) is 3. The van der Waals surface area contributed by atoms with Gasteiger partial charge in [-0.3, -0.25) is 9.69 Å². The van der Waals surface area contributed by atoms with Crippen LogP contribution in [0.1, 0.15) is 79.1 Å². The van der Waals surface area contributed by atoms with E-state index in [9.17, 15) is 4.79 Å². The molecule has 0 aromatic heterocycles. The predicted octanol–water partition coefficient (Wildman–Crippen LogP) is 4.33. The molecule has 4 nitrogen and oxygen atoms in total. The van der Waals surface area contributed by atoms with Crippen LogP contribution in [0.3, 0.4) is 0 Å². The Morgan fingerprint density at radius 1 is 1.08 bits per heavy atom. The first-order chi connectivity index (χ1) is 12.5. The van der Waals surface area contributed by atoms with Gasteiger partial charge in [-0.1, -0.05) is 40.5 Å². The van der Waals surface area contributed by atoms with E-state index in [1.165, 1.54) is 25.8 Å². The maximum atomic E-state index is 12.8. The SMILES string of the molecule is CCCC(CC)C(=O)N1CCC2(CC1)CN(CCCC(C)CC)CCO2. The Morgan fingerprint density at radius 3 is 2.42 bits per heavy atom. The fraction of sp³-hybridized carbons (Fsp3) is 0.955. The Morgan fingerprint density at radius 2 is 1.81 bits per heavy atom. The average Bonchev–Trinajstić information content (AvgIpc) is 2.66. The molecule has 152 valence electrons. The van der Waals surface area contributed by atoms with E-state index in [2.05, 4.69) is 37.5 Å². The molecule has 2 atom stereocenters. The monoisotopic (exact) mass is 366 g/mol. The van der Waals surface area contributed by atoms with Crippen molar-refractivity contribution in [3.05, 3.63) is 0 Å². The Labute approximate surface area is 161 Å². The number of nitrogens with zero attached hydrogens (tertiary/aromatic N) is 2. The Hall–Kier alpha value is -0.610. The van der Waals surface area contributed by atoms with Gasteiger partial charge in [-0.25, -0.2) is 0 Å². The maximum Gasteiger partial charge on any atom is 0.225 e. The van der Waals surface area contributed by atoms with Crippen LogP contribution in [0.15, 0.2) is 0 Å². The molecule has 26 heavy (non-hydrogen) atoms. The highest BCUT2D eigenvalue weighted by Crippen LogP contribution is 2.31. The van der Waals surface area contributed by atoms with Crippen LogP contribution >= 0.6 is 0 Å². The van der Waals surface area contributed by atoms with Gasteiger partial charge in [0.05, 0.1) is 12.2 Å². The van der Waals surface area contributed by atoms with E-state index in [4.69, 9.17) is 4.74 Å². The second-order valence-corrected chi connectivity index (χ2v) is 8.68. The molecular formula is C22H42N2O2. The number of hydrogen-bond donors (Lipinski definition) is 0. The normalized spacial score (nSPS) is 23.2. The van der Waals surface area contributed by atoms with Gasteiger partial charge in [-0.15, -0.1) is 0 Å². The molecule has 0 N–H and O–H groups in total. The molecule has 2 saturated heterocycles. The maximum absolute atomic E-state index is 12.8. The average molecular weight is 367 g/mol. The van der Waals surface area contributed by atoms with Gasteiger partial charge in [0.2, 0.25) is 5.91 Å². The van der Waals surface area contributed by atoms with Crippen LogP contribution in [0, 0.1) is 11.8 Å². The third-order valence-corrected chi connectivity index (χ3v) is 6.66. The standard InChI is InChI=1S/C22H42N2O2/c1-5-9-20(7-3)21(25)24-14-11-22(12-15-24)18-23(16-17-26-22)13-8-10-19(4)6-2/h19-20H,5-18H2,1-4H3. The summed E-state index contributed by atoms with van der Waals surface area (Å²) in [6.45, 7) is 14.9. The highest BCUT2D eigenvalue weighted by molar-refractivity contribution is 5.78. The number of ether oxygens (including phenoxy) is 1. The van der Waals surface area contributed by atoms with Crippen molar-refractivity contribution in [2.45, 2.75) is 84.7 Å². The Balaban J connectivity index is 1.80. The largest absolute Gasteiger partial charge is 0.372 e. The van der Waals surface area contributed by atoms with Gasteiger partial charge in [0.25, 0.3) is 0 Å².